The summed E-state index contributed by atoms with van der Waals surface area (Å²) < 4.78 is 29.5. The molecule has 39 heavy (non-hydrogen) atoms. The van der Waals surface area contributed by atoms with E-state index in [0.717, 1.165) is 17.1 Å². The van der Waals surface area contributed by atoms with Gasteiger partial charge in [-0.25, -0.2) is 8.42 Å². The number of amides is 1. The van der Waals surface area contributed by atoms with Crippen LogP contribution in [0.3, 0.4) is 0 Å². The minimum absolute atomic E-state index is 0.000455. The van der Waals surface area contributed by atoms with Crippen molar-refractivity contribution < 1.29 is 17.8 Å². The number of rotatable bonds is 9. The quantitative estimate of drug-likeness (QED) is 0.175. The van der Waals surface area contributed by atoms with Crippen LogP contribution in [0.4, 0.5) is 11.5 Å². The number of benzene rings is 3. The summed E-state index contributed by atoms with van der Waals surface area (Å²) in [6.07, 6.45) is 0. The molecule has 0 aliphatic heterocycles. The largest absolute Gasteiger partial charge is 0.342 e. The molecule has 0 bridgehead atoms. The van der Waals surface area contributed by atoms with E-state index in [1.165, 1.54) is 48.2 Å². The fourth-order valence-electron chi connectivity index (χ4n) is 3.61. The van der Waals surface area contributed by atoms with Crippen LogP contribution < -0.4 is 14.6 Å². The Balaban J connectivity index is 1.26. The molecule has 0 spiro atoms. The number of sulfonamides is 1. The molecule has 1 amide bonds. The second-order valence-corrected chi connectivity index (χ2v) is 11.1. The number of nitrogens with one attached hydrogen (secondary N) is 3. The lowest BCUT2D eigenvalue weighted by Crippen LogP contribution is -2.34. The highest BCUT2D eigenvalue weighted by atomic mass is 35.5. The van der Waals surface area contributed by atoms with Crippen LogP contribution in [-0.4, -0.2) is 40.5 Å². The molecule has 0 saturated heterocycles. The summed E-state index contributed by atoms with van der Waals surface area (Å²) >= 11 is 6.96. The molecule has 5 rings (SSSR count). The third-order valence-electron chi connectivity index (χ3n) is 5.39. The first-order valence-electron chi connectivity index (χ1n) is 11.5. The highest BCUT2D eigenvalue weighted by Gasteiger charge is 2.24. The average Bonchev–Trinajstić information content (AvgIpc) is 3.38. The zero-order chi connectivity index (χ0) is 27.2. The Kier molecular flexibility index (Phi) is 7.87. The number of halogens is 1. The number of para-hydroxylation sites is 1. The first-order valence-corrected chi connectivity index (χ1v) is 14.4. The topological polar surface area (TPSA) is 134 Å². The molecule has 3 N–H and O–H groups in total. The lowest BCUT2D eigenvalue weighted by Gasteiger charge is -2.08. The number of anilines is 2. The summed E-state index contributed by atoms with van der Waals surface area (Å²) in [7, 11) is -3.90. The summed E-state index contributed by atoms with van der Waals surface area (Å²) in [5.74, 6) is 0.645. The maximum atomic E-state index is 12.7. The zero-order valence-electron chi connectivity index (χ0n) is 20.2. The Bertz CT molecular complexity index is 1680. The number of carbonyl (C=O) groups is 1. The number of carbonyl (C=O) groups excluding carboxylic acids is 1. The molecule has 3 aromatic carbocycles. The number of H-pyrrole nitrogens is 1. The van der Waals surface area contributed by atoms with E-state index in [1.54, 1.807) is 0 Å². The third kappa shape index (κ3) is 6.42. The summed E-state index contributed by atoms with van der Waals surface area (Å²) in [6, 6.07) is 28.2. The molecule has 0 radical (unpaired) electrons. The molecule has 2 heterocycles. The molecule has 0 unspecified atom stereocenters. The molecule has 0 aliphatic rings. The van der Waals surface area contributed by atoms with Gasteiger partial charge >= 0.3 is 5.16 Å². The van der Waals surface area contributed by atoms with Gasteiger partial charge in [0.25, 0.3) is 15.8 Å². The third-order valence-corrected chi connectivity index (χ3v) is 7.90. The molecule has 0 aliphatic carbocycles. The Hall–Kier alpha value is -4.26. The van der Waals surface area contributed by atoms with Crippen LogP contribution >= 0.6 is 23.4 Å². The van der Waals surface area contributed by atoms with Gasteiger partial charge in [0.15, 0.2) is 11.0 Å². The monoisotopic (exact) mass is 578 g/mol. The second-order valence-electron chi connectivity index (χ2n) is 8.10. The maximum Gasteiger partial charge on any atom is 0.342 e. The summed E-state index contributed by atoms with van der Waals surface area (Å²) in [6.45, 7) is 0. The van der Waals surface area contributed by atoms with Crippen molar-refractivity contribution in [3.05, 3.63) is 102 Å². The minimum atomic E-state index is -3.90. The van der Waals surface area contributed by atoms with Crippen molar-refractivity contribution in [1.82, 2.24) is 20.4 Å². The van der Waals surface area contributed by atoms with E-state index < -0.39 is 10.0 Å². The Labute approximate surface area is 233 Å². The van der Waals surface area contributed by atoms with Gasteiger partial charge in [0.05, 0.1) is 21.3 Å². The van der Waals surface area contributed by atoms with Crippen LogP contribution in [0.15, 0.2) is 107 Å². The molecular formula is C26H21ClN7O3S2+. The SMILES string of the molecule is O=C(CSc1n[nH]c(-c2ccccc2)[n+]1-c1ccccc1)Nc1ccc(S(=O)(=O)Nc2ccc(Cl)nn2)cc1. The molecule has 10 nitrogen and oxygen atoms in total. The summed E-state index contributed by atoms with van der Waals surface area (Å²) in [5.41, 5.74) is 2.31. The molecule has 13 heteroatoms. The first-order chi connectivity index (χ1) is 18.9. The van der Waals surface area contributed by atoms with Gasteiger partial charge in [-0.05, 0) is 72.4 Å². The smallest absolute Gasteiger partial charge is 0.325 e. The number of hydrogen-bond acceptors (Lipinski definition) is 7. The van der Waals surface area contributed by atoms with E-state index in [-0.39, 0.29) is 27.5 Å². The van der Waals surface area contributed by atoms with Gasteiger partial charge in [-0.2, -0.15) is 4.57 Å². The van der Waals surface area contributed by atoms with Crippen molar-refractivity contribution >= 4 is 50.8 Å². The van der Waals surface area contributed by atoms with Crippen molar-refractivity contribution in [2.75, 3.05) is 15.8 Å². The molecule has 5 aromatic rings. The van der Waals surface area contributed by atoms with Gasteiger partial charge in [0.2, 0.25) is 5.91 Å². The van der Waals surface area contributed by atoms with E-state index in [9.17, 15) is 13.2 Å². The van der Waals surface area contributed by atoms with Gasteiger partial charge in [0, 0.05) is 5.69 Å². The molecular weight excluding hydrogens is 558 g/mol. The van der Waals surface area contributed by atoms with Crippen molar-refractivity contribution in [2.24, 2.45) is 0 Å². The Morgan fingerprint density at radius 1 is 0.897 bits per heavy atom. The number of nitrogens with zero attached hydrogens (tertiary/aromatic N) is 4. The maximum absolute atomic E-state index is 12.7. The number of hydrogen-bond donors (Lipinski definition) is 3. The van der Waals surface area contributed by atoms with Gasteiger partial charge in [-0.15, -0.1) is 15.3 Å². The second kappa shape index (κ2) is 11.6. The Morgan fingerprint density at radius 3 is 2.26 bits per heavy atom. The predicted molar refractivity (Wildman–Crippen MR) is 149 cm³/mol. The molecule has 2 aromatic heterocycles. The molecule has 0 saturated carbocycles. The standard InChI is InChI=1S/C26H20ClN7O3S2/c27-22-15-16-23(30-29-22)33-39(36,37)21-13-11-19(12-14-21)28-24(35)17-38-26-32-31-25(18-7-3-1-4-8-18)34(26)20-9-5-2-6-10-20/h1-16H,17H2,(H2,28,30,33,35)/p+1. The van der Waals surface area contributed by atoms with Gasteiger partial charge in [0.1, 0.15) is 5.69 Å². The first kappa shape index (κ1) is 26.4. The van der Waals surface area contributed by atoms with Crippen LogP contribution in [0.25, 0.3) is 17.1 Å². The number of thioether (sulfide) groups is 1. The van der Waals surface area contributed by atoms with E-state index in [4.69, 9.17) is 11.6 Å². The van der Waals surface area contributed by atoms with Crippen LogP contribution in [0.5, 0.6) is 0 Å². The molecule has 196 valence electrons. The minimum Gasteiger partial charge on any atom is -0.325 e. The fourth-order valence-corrected chi connectivity index (χ4v) is 5.48. The van der Waals surface area contributed by atoms with Crippen LogP contribution in [0, 0.1) is 0 Å². The molecule has 0 fully saturated rings. The lowest BCUT2D eigenvalue weighted by atomic mass is 10.2. The van der Waals surface area contributed by atoms with Gasteiger partial charge in [-0.1, -0.05) is 48.0 Å². The summed E-state index contributed by atoms with van der Waals surface area (Å²) in [5, 5.41) is 18.4. The van der Waals surface area contributed by atoms with E-state index in [2.05, 4.69) is 30.4 Å². The highest BCUT2D eigenvalue weighted by Crippen LogP contribution is 2.21. The number of aromatic nitrogens is 5. The van der Waals surface area contributed by atoms with Crippen LogP contribution in [0.2, 0.25) is 5.15 Å². The van der Waals surface area contributed by atoms with E-state index >= 15 is 0 Å². The molecule has 0 atom stereocenters. The van der Waals surface area contributed by atoms with Crippen molar-refractivity contribution in [3.8, 4) is 17.1 Å². The zero-order valence-corrected chi connectivity index (χ0v) is 22.5. The van der Waals surface area contributed by atoms with Crippen LogP contribution in [0.1, 0.15) is 0 Å². The fraction of sp³-hybridized carbons (Fsp3) is 0.0385. The van der Waals surface area contributed by atoms with Gasteiger partial charge < -0.3 is 5.32 Å². The summed E-state index contributed by atoms with van der Waals surface area (Å²) in [4.78, 5) is 12.7. The van der Waals surface area contributed by atoms with Gasteiger partial charge in [-0.3, -0.25) is 9.52 Å². The number of aromatic amines is 1. The van der Waals surface area contributed by atoms with Crippen molar-refractivity contribution in [3.63, 3.8) is 0 Å². The van der Waals surface area contributed by atoms with E-state index in [1.807, 2.05) is 65.2 Å². The average molecular weight is 579 g/mol. The Morgan fingerprint density at radius 2 is 1.59 bits per heavy atom. The van der Waals surface area contributed by atoms with Crippen molar-refractivity contribution in [1.29, 1.82) is 0 Å². The highest BCUT2D eigenvalue weighted by molar-refractivity contribution is 7.99. The van der Waals surface area contributed by atoms with Crippen LogP contribution in [-0.2, 0) is 14.8 Å². The van der Waals surface area contributed by atoms with Crippen molar-refractivity contribution in [2.45, 2.75) is 10.1 Å². The normalized spacial score (nSPS) is 11.2. The lowest BCUT2D eigenvalue weighted by molar-refractivity contribution is -0.625. The predicted octanol–water partition coefficient (Wildman–Crippen LogP) is 4.33. The van der Waals surface area contributed by atoms with E-state index in [0.29, 0.717) is 10.8 Å².